The highest BCUT2D eigenvalue weighted by Crippen LogP contribution is 2.26. The van der Waals surface area contributed by atoms with Gasteiger partial charge in [-0.3, -0.25) is 0 Å². The Morgan fingerprint density at radius 1 is 1.22 bits per heavy atom. The molecule has 1 rings (SSSR count). The van der Waals surface area contributed by atoms with Gasteiger partial charge in [0.2, 0.25) is 10.0 Å². The maximum absolute atomic E-state index is 12.2. The molecule has 0 aliphatic heterocycles. The predicted molar refractivity (Wildman–Crippen MR) is 67.1 cm³/mol. The van der Waals surface area contributed by atoms with Crippen molar-refractivity contribution in [2.24, 2.45) is 0 Å². The van der Waals surface area contributed by atoms with Gasteiger partial charge in [-0.25, -0.2) is 8.42 Å². The molecule has 6 nitrogen and oxygen atoms in total. The van der Waals surface area contributed by atoms with E-state index in [1.807, 2.05) is 0 Å². The first-order valence-electron chi connectivity index (χ1n) is 5.16. The van der Waals surface area contributed by atoms with Crippen LogP contribution in [-0.2, 0) is 10.0 Å². The number of aliphatic hydroxyl groups excluding tert-OH is 2. The lowest BCUT2D eigenvalue weighted by Crippen LogP contribution is -2.36. The van der Waals surface area contributed by atoms with Gasteiger partial charge in [-0.15, -0.1) is 0 Å². The Labute approximate surface area is 111 Å². The zero-order valence-corrected chi connectivity index (χ0v) is 11.1. The Morgan fingerprint density at radius 3 is 2.28 bits per heavy atom. The summed E-state index contributed by atoms with van der Waals surface area (Å²) in [6.07, 6.45) is 0. The minimum absolute atomic E-state index is 0.00637. The van der Waals surface area contributed by atoms with Crippen molar-refractivity contribution in [3.8, 4) is 0 Å². The maximum Gasteiger partial charge on any atom is 0.244 e. The van der Waals surface area contributed by atoms with Crippen LogP contribution in [0.25, 0.3) is 0 Å². The van der Waals surface area contributed by atoms with Crippen molar-refractivity contribution in [3.05, 3.63) is 23.2 Å². The molecule has 0 bridgehead atoms. The smallest absolute Gasteiger partial charge is 0.244 e. The first-order chi connectivity index (χ1) is 8.43. The van der Waals surface area contributed by atoms with Gasteiger partial charge in [0.25, 0.3) is 0 Å². The molecule has 0 saturated carbocycles. The van der Waals surface area contributed by atoms with E-state index < -0.39 is 10.0 Å². The highest BCUT2D eigenvalue weighted by atomic mass is 35.5. The second-order valence-corrected chi connectivity index (χ2v) is 5.81. The lowest BCUT2D eigenvalue weighted by Gasteiger charge is -2.20. The highest BCUT2D eigenvalue weighted by molar-refractivity contribution is 7.89. The molecule has 0 heterocycles. The van der Waals surface area contributed by atoms with Crippen LogP contribution in [0, 0.1) is 0 Å². The molecule has 0 amide bonds. The van der Waals surface area contributed by atoms with E-state index in [2.05, 4.69) is 0 Å². The topological polar surface area (TPSA) is 102 Å². The van der Waals surface area contributed by atoms with Gasteiger partial charge in [0.1, 0.15) is 4.90 Å². The number of aliphatic hydroxyl groups is 2. The van der Waals surface area contributed by atoms with Crippen LogP contribution in [0.3, 0.4) is 0 Å². The summed E-state index contributed by atoms with van der Waals surface area (Å²) in [4.78, 5) is -0.196. The van der Waals surface area contributed by atoms with E-state index in [1.165, 1.54) is 12.1 Å². The molecule has 0 spiro atoms. The molecule has 1 aromatic carbocycles. The molecule has 1 aromatic rings. The summed E-state index contributed by atoms with van der Waals surface area (Å²) in [5, 5.41) is 17.7. The van der Waals surface area contributed by atoms with Crippen molar-refractivity contribution in [1.82, 2.24) is 10.0 Å². The average molecular weight is 294 g/mol. The quantitative estimate of drug-likeness (QED) is 0.784. The molecule has 0 saturated heterocycles. The van der Waals surface area contributed by atoms with Crippen LogP contribution in [0.4, 0.5) is 5.69 Å². The van der Waals surface area contributed by atoms with Crippen LogP contribution in [0.2, 0.25) is 5.02 Å². The Balaban J connectivity index is 3.21. The van der Waals surface area contributed by atoms with E-state index in [0.717, 1.165) is 10.4 Å². The Kier molecular flexibility index (Phi) is 5.36. The summed E-state index contributed by atoms with van der Waals surface area (Å²) >= 11 is 5.81. The molecule has 8 heteroatoms. The fraction of sp³-hybridized carbons (Fsp3) is 0.400. The van der Waals surface area contributed by atoms with Crippen LogP contribution in [0.5, 0.6) is 0 Å². The van der Waals surface area contributed by atoms with Crippen molar-refractivity contribution in [3.63, 3.8) is 0 Å². The van der Waals surface area contributed by atoms with E-state index in [-0.39, 0.29) is 41.9 Å². The first-order valence-corrected chi connectivity index (χ1v) is 6.98. The minimum Gasteiger partial charge on any atom is -0.395 e. The van der Waals surface area contributed by atoms with E-state index in [0.29, 0.717) is 0 Å². The van der Waals surface area contributed by atoms with Crippen molar-refractivity contribution in [2.45, 2.75) is 4.90 Å². The monoisotopic (exact) mass is 293 g/mol. The van der Waals surface area contributed by atoms with E-state index in [4.69, 9.17) is 27.5 Å². The molecular weight excluding hydrogens is 280 g/mol. The summed E-state index contributed by atoms with van der Waals surface area (Å²) < 4.78 is 25.4. The molecule has 0 aliphatic rings. The standard InChI is InChI=1S/C10H14ClN2O4S/c11-9-2-1-8(12)7-10(9)18(16,17)13(3-5-14)4-6-15/h1-2,7,12,14-15H,3-6H2. The molecule has 101 valence electrons. The highest BCUT2D eigenvalue weighted by Gasteiger charge is 2.26. The van der Waals surface area contributed by atoms with Gasteiger partial charge < -0.3 is 15.9 Å². The molecule has 0 atom stereocenters. The lowest BCUT2D eigenvalue weighted by molar-refractivity contribution is 0.217. The van der Waals surface area contributed by atoms with Crippen LogP contribution in [-0.4, -0.2) is 49.2 Å². The second-order valence-electron chi connectivity index (χ2n) is 3.50. The van der Waals surface area contributed by atoms with Gasteiger partial charge in [0.15, 0.2) is 0 Å². The number of benzene rings is 1. The number of rotatable bonds is 6. The molecule has 0 aromatic heterocycles. The molecule has 0 aliphatic carbocycles. The molecule has 0 unspecified atom stereocenters. The van der Waals surface area contributed by atoms with Crippen molar-refractivity contribution in [1.29, 1.82) is 0 Å². The first kappa shape index (κ1) is 15.2. The number of nitrogens with zero attached hydrogens (tertiary/aromatic N) is 1. The molecule has 0 fully saturated rings. The number of nitrogens with one attached hydrogen (secondary N) is 1. The SMILES string of the molecule is [NH]c1ccc(Cl)c(S(=O)(=O)N(CCO)CCO)c1. The van der Waals surface area contributed by atoms with Crippen LogP contribution >= 0.6 is 11.6 Å². The fourth-order valence-electron chi connectivity index (χ4n) is 1.42. The van der Waals surface area contributed by atoms with Gasteiger partial charge in [0.05, 0.1) is 23.9 Å². The lowest BCUT2D eigenvalue weighted by atomic mass is 10.3. The summed E-state index contributed by atoms with van der Waals surface area (Å²) in [5.74, 6) is 0. The zero-order valence-electron chi connectivity index (χ0n) is 9.50. The van der Waals surface area contributed by atoms with Gasteiger partial charge in [-0.05, 0) is 18.2 Å². The van der Waals surface area contributed by atoms with Crippen molar-refractivity contribution in [2.75, 3.05) is 26.3 Å². The summed E-state index contributed by atoms with van der Waals surface area (Å²) in [6, 6.07) is 3.84. The number of halogens is 1. The van der Waals surface area contributed by atoms with Gasteiger partial charge in [-0.1, -0.05) is 11.6 Å². The largest absolute Gasteiger partial charge is 0.395 e. The number of hydrogen-bond acceptors (Lipinski definition) is 4. The van der Waals surface area contributed by atoms with Crippen LogP contribution < -0.4 is 5.73 Å². The zero-order chi connectivity index (χ0) is 13.8. The third kappa shape index (κ3) is 3.33. The van der Waals surface area contributed by atoms with E-state index in [9.17, 15) is 8.42 Å². The second kappa shape index (κ2) is 6.35. The minimum atomic E-state index is -3.92. The predicted octanol–water partition coefficient (Wildman–Crippen LogP) is 0.230. The van der Waals surface area contributed by atoms with Crippen LogP contribution in [0.15, 0.2) is 23.1 Å². The Bertz CT molecular complexity index is 501. The van der Waals surface area contributed by atoms with Gasteiger partial charge in [0, 0.05) is 13.1 Å². The average Bonchev–Trinajstić information content (AvgIpc) is 2.32. The van der Waals surface area contributed by atoms with Crippen LogP contribution in [0.1, 0.15) is 0 Å². The van der Waals surface area contributed by atoms with E-state index in [1.54, 1.807) is 0 Å². The third-order valence-electron chi connectivity index (χ3n) is 2.25. The maximum atomic E-state index is 12.2. The Morgan fingerprint density at radius 2 is 1.78 bits per heavy atom. The van der Waals surface area contributed by atoms with Crippen molar-refractivity contribution < 1.29 is 18.6 Å². The van der Waals surface area contributed by atoms with Gasteiger partial charge in [-0.2, -0.15) is 4.31 Å². The summed E-state index contributed by atoms with van der Waals surface area (Å²) in [5.41, 5.74) is 7.44. The number of hydrogen-bond donors (Lipinski definition) is 2. The normalized spacial score (nSPS) is 12.0. The third-order valence-corrected chi connectivity index (χ3v) is 4.63. The molecule has 1 radical (unpaired) electrons. The van der Waals surface area contributed by atoms with Gasteiger partial charge >= 0.3 is 0 Å². The van der Waals surface area contributed by atoms with E-state index >= 15 is 0 Å². The summed E-state index contributed by atoms with van der Waals surface area (Å²) in [6.45, 7) is -1.00. The molecular formula is C10H14ClN2O4S. The molecule has 18 heavy (non-hydrogen) atoms. The Hall–Kier alpha value is -0.860. The molecule has 3 N–H and O–H groups in total. The number of sulfonamides is 1. The fourth-order valence-corrected chi connectivity index (χ4v) is 3.34. The van der Waals surface area contributed by atoms with Crippen molar-refractivity contribution >= 4 is 27.3 Å². The summed E-state index contributed by atoms with van der Waals surface area (Å²) in [7, 11) is -3.92.